The number of carbonyl (C=O) groups is 4. The molecule has 0 spiro atoms. The number of amides is 3. The predicted molar refractivity (Wildman–Crippen MR) is 89.8 cm³/mol. The van der Waals surface area contributed by atoms with Gasteiger partial charge in [-0.05, 0) is 23.8 Å². The molecule has 1 fully saturated rings. The van der Waals surface area contributed by atoms with Crippen molar-refractivity contribution < 1.29 is 33.8 Å². The molecular formula is C15H12Cl2N2O7. The first-order chi connectivity index (χ1) is 12.2. The van der Waals surface area contributed by atoms with Crippen LogP contribution >= 0.6 is 23.2 Å². The Bertz CT molecular complexity index is 799. The van der Waals surface area contributed by atoms with Gasteiger partial charge in [-0.25, -0.2) is 14.5 Å². The second-order valence-corrected chi connectivity index (χ2v) is 5.77. The first kappa shape index (κ1) is 19.5. The fraction of sp³-hybridized carbons (Fsp3) is 0.200. The highest BCUT2D eigenvalue weighted by Gasteiger charge is 2.35. The molecule has 138 valence electrons. The van der Waals surface area contributed by atoms with Gasteiger partial charge in [-0.2, -0.15) is 0 Å². The van der Waals surface area contributed by atoms with Gasteiger partial charge < -0.3 is 19.9 Å². The molecule has 9 nitrogen and oxygen atoms in total. The highest BCUT2D eigenvalue weighted by atomic mass is 35.5. The molecule has 0 radical (unpaired) electrons. The number of ether oxygens (including phenoxy) is 2. The van der Waals surface area contributed by atoms with Crippen LogP contribution in [0.1, 0.15) is 5.56 Å². The van der Waals surface area contributed by atoms with Crippen molar-refractivity contribution in [1.82, 2.24) is 10.2 Å². The molecule has 1 saturated heterocycles. The average molecular weight is 403 g/mol. The third-order valence-electron chi connectivity index (χ3n) is 3.15. The maximum atomic E-state index is 12.2. The number of nitrogens with one attached hydrogen (secondary N) is 1. The number of aliphatic carboxylic acids is 1. The van der Waals surface area contributed by atoms with Crippen LogP contribution in [0.3, 0.4) is 0 Å². The molecule has 11 heteroatoms. The smallest absolute Gasteiger partial charge is 0.341 e. The minimum absolute atomic E-state index is 0.0213. The lowest BCUT2D eigenvalue weighted by Crippen LogP contribution is -2.36. The summed E-state index contributed by atoms with van der Waals surface area (Å²) < 4.78 is 9.41. The van der Waals surface area contributed by atoms with Gasteiger partial charge in [0, 0.05) is 0 Å². The molecule has 0 aliphatic carbocycles. The van der Waals surface area contributed by atoms with E-state index in [4.69, 9.17) is 33.0 Å². The topological polar surface area (TPSA) is 122 Å². The third-order valence-corrected chi connectivity index (χ3v) is 3.71. The van der Waals surface area contributed by atoms with Gasteiger partial charge in [-0.3, -0.25) is 9.59 Å². The van der Waals surface area contributed by atoms with Crippen LogP contribution in [0, 0.1) is 0 Å². The summed E-state index contributed by atoms with van der Waals surface area (Å²) in [5.41, 5.74) is 0.261. The minimum Gasteiger partial charge on any atom is -0.479 e. The number of esters is 1. The molecular weight excluding hydrogens is 391 g/mol. The summed E-state index contributed by atoms with van der Waals surface area (Å²) in [4.78, 5) is 46.5. The molecule has 0 atom stereocenters. The van der Waals surface area contributed by atoms with Gasteiger partial charge in [0.25, 0.3) is 5.91 Å². The van der Waals surface area contributed by atoms with E-state index in [0.29, 0.717) is 10.5 Å². The minimum atomic E-state index is -1.20. The van der Waals surface area contributed by atoms with E-state index in [1.165, 1.54) is 18.2 Å². The second-order valence-electron chi connectivity index (χ2n) is 4.95. The summed E-state index contributed by atoms with van der Waals surface area (Å²) in [6.07, 6.45) is 1.30. The van der Waals surface area contributed by atoms with Gasteiger partial charge in [0.2, 0.25) is 0 Å². The average Bonchev–Trinajstić information content (AvgIpc) is 2.81. The number of imide groups is 1. The largest absolute Gasteiger partial charge is 0.479 e. The number of hydrogen-bond acceptors (Lipinski definition) is 6. The lowest BCUT2D eigenvalue weighted by molar-refractivity contribution is -0.143. The fourth-order valence-corrected chi connectivity index (χ4v) is 2.62. The zero-order valence-electron chi connectivity index (χ0n) is 13.2. The number of carboxylic acids is 1. The van der Waals surface area contributed by atoms with Crippen LogP contribution in [0.4, 0.5) is 4.79 Å². The summed E-state index contributed by atoms with van der Waals surface area (Å²) in [6.45, 7) is -1.15. The summed E-state index contributed by atoms with van der Waals surface area (Å²) in [6, 6.07) is 1.98. The molecule has 1 aliphatic rings. The molecule has 2 rings (SSSR count). The molecule has 1 aromatic carbocycles. The number of benzene rings is 1. The fourth-order valence-electron chi connectivity index (χ4n) is 2.01. The van der Waals surface area contributed by atoms with E-state index >= 15 is 0 Å². The Morgan fingerprint density at radius 2 is 1.88 bits per heavy atom. The third kappa shape index (κ3) is 4.44. The van der Waals surface area contributed by atoms with E-state index in [9.17, 15) is 19.2 Å². The van der Waals surface area contributed by atoms with E-state index in [2.05, 4.69) is 10.1 Å². The zero-order chi connectivity index (χ0) is 19.4. The van der Waals surface area contributed by atoms with Crippen LogP contribution in [0.15, 0.2) is 17.8 Å². The molecule has 2 N–H and O–H groups in total. The molecule has 0 bridgehead atoms. The molecule has 1 aromatic rings. The molecule has 0 unspecified atom stereocenters. The van der Waals surface area contributed by atoms with Crippen molar-refractivity contribution >= 4 is 53.2 Å². The van der Waals surface area contributed by atoms with E-state index < -0.39 is 37.0 Å². The maximum Gasteiger partial charge on any atom is 0.341 e. The Balaban J connectivity index is 2.24. The Hall–Kier alpha value is -2.78. The number of methoxy groups -OCH3 is 1. The molecule has 0 aromatic heterocycles. The molecule has 1 heterocycles. The van der Waals surface area contributed by atoms with Crippen LogP contribution in [-0.4, -0.2) is 54.1 Å². The van der Waals surface area contributed by atoms with Crippen molar-refractivity contribution in [3.63, 3.8) is 0 Å². The van der Waals surface area contributed by atoms with Crippen LogP contribution in [0.2, 0.25) is 10.0 Å². The van der Waals surface area contributed by atoms with Gasteiger partial charge in [0.05, 0.1) is 17.2 Å². The Kier molecular flexibility index (Phi) is 6.06. The van der Waals surface area contributed by atoms with Gasteiger partial charge in [0.15, 0.2) is 12.4 Å². The number of carboxylic acid groups (broad SMARTS) is 1. The van der Waals surface area contributed by atoms with Crippen molar-refractivity contribution in [2.45, 2.75) is 0 Å². The normalized spacial score (nSPS) is 15.2. The van der Waals surface area contributed by atoms with Gasteiger partial charge >= 0.3 is 18.0 Å². The number of nitrogens with zero attached hydrogens (tertiary/aromatic N) is 1. The predicted octanol–water partition coefficient (Wildman–Crippen LogP) is 1.52. The lowest BCUT2D eigenvalue weighted by Gasteiger charge is -2.09. The van der Waals surface area contributed by atoms with Crippen molar-refractivity contribution in [3.8, 4) is 5.75 Å². The number of carbonyl (C=O) groups excluding carboxylic acids is 3. The summed E-state index contributed by atoms with van der Waals surface area (Å²) in [5, 5.41) is 11.0. The van der Waals surface area contributed by atoms with Crippen LogP contribution < -0.4 is 10.1 Å². The van der Waals surface area contributed by atoms with Crippen LogP contribution in [0.25, 0.3) is 6.08 Å². The maximum absolute atomic E-state index is 12.2. The Morgan fingerprint density at radius 1 is 1.27 bits per heavy atom. The first-order valence-corrected chi connectivity index (χ1v) is 7.73. The molecule has 3 amide bonds. The van der Waals surface area contributed by atoms with Crippen molar-refractivity contribution in [2.75, 3.05) is 20.3 Å². The number of halogens is 2. The first-order valence-electron chi connectivity index (χ1n) is 6.98. The Labute approximate surface area is 157 Å². The Morgan fingerprint density at radius 3 is 2.42 bits per heavy atom. The van der Waals surface area contributed by atoms with Gasteiger partial charge in [-0.15, -0.1) is 0 Å². The van der Waals surface area contributed by atoms with Gasteiger partial charge in [-0.1, -0.05) is 23.2 Å². The second kappa shape index (κ2) is 8.07. The molecule has 0 saturated carbocycles. The van der Waals surface area contributed by atoms with Crippen molar-refractivity contribution in [2.24, 2.45) is 0 Å². The highest BCUT2D eigenvalue weighted by molar-refractivity contribution is 6.37. The molecule has 26 heavy (non-hydrogen) atoms. The van der Waals surface area contributed by atoms with Gasteiger partial charge in [0.1, 0.15) is 12.2 Å². The number of urea groups is 1. The summed E-state index contributed by atoms with van der Waals surface area (Å²) in [7, 11) is 1.13. The SMILES string of the molecule is COC(=O)CN1C(=O)N/C(=C/c2cc(Cl)c(OCC(=O)O)c(Cl)c2)C1=O. The number of rotatable bonds is 6. The lowest BCUT2D eigenvalue weighted by atomic mass is 10.1. The molecule has 1 aliphatic heterocycles. The van der Waals surface area contributed by atoms with E-state index in [1.807, 2.05) is 0 Å². The quantitative estimate of drug-likeness (QED) is 0.420. The highest BCUT2D eigenvalue weighted by Crippen LogP contribution is 2.35. The standard InChI is InChI=1S/C15H12Cl2N2O7/c1-25-12(22)5-19-14(23)10(18-15(19)24)4-7-2-8(16)13(9(17)3-7)26-6-11(20)21/h2-4H,5-6H2,1H3,(H,18,24)(H,20,21)/b10-4+. The van der Waals surface area contributed by atoms with Crippen molar-refractivity contribution in [3.05, 3.63) is 33.4 Å². The number of hydrogen-bond donors (Lipinski definition) is 2. The zero-order valence-corrected chi connectivity index (χ0v) is 14.8. The van der Waals surface area contributed by atoms with Crippen LogP contribution in [-0.2, 0) is 19.1 Å². The van der Waals surface area contributed by atoms with E-state index in [0.717, 1.165) is 7.11 Å². The monoisotopic (exact) mass is 402 g/mol. The van der Waals surface area contributed by atoms with Crippen molar-refractivity contribution in [1.29, 1.82) is 0 Å². The summed E-state index contributed by atoms with van der Waals surface area (Å²) >= 11 is 12.0. The van der Waals surface area contributed by atoms with Crippen LogP contribution in [0.5, 0.6) is 5.75 Å². The van der Waals surface area contributed by atoms with E-state index in [1.54, 1.807) is 0 Å². The van der Waals surface area contributed by atoms with E-state index in [-0.39, 0.29) is 21.5 Å². The summed E-state index contributed by atoms with van der Waals surface area (Å²) in [5.74, 6) is -2.69.